The van der Waals surface area contributed by atoms with Crippen LogP contribution < -0.4 is 5.56 Å². The van der Waals surface area contributed by atoms with Gasteiger partial charge in [-0.25, -0.2) is 13.7 Å². The fourth-order valence-corrected chi connectivity index (χ4v) is 5.57. The lowest BCUT2D eigenvalue weighted by atomic mass is 9.98. The van der Waals surface area contributed by atoms with E-state index in [-0.39, 0.29) is 0 Å². The number of rotatable bonds is 7. The lowest BCUT2D eigenvalue weighted by Gasteiger charge is -2.26. The van der Waals surface area contributed by atoms with Crippen LogP contribution in [0.25, 0.3) is 0 Å². The van der Waals surface area contributed by atoms with Gasteiger partial charge in [0.2, 0.25) is 17.7 Å². The van der Waals surface area contributed by atoms with E-state index in [0.717, 1.165) is 0 Å². The maximum absolute atomic E-state index is 13.6. The van der Waals surface area contributed by atoms with Gasteiger partial charge >= 0.3 is 23.5 Å². The normalized spacial score (nSPS) is 30.3. The van der Waals surface area contributed by atoms with Gasteiger partial charge < -0.3 is 34.5 Å². The molecule has 2 rings (SSSR count). The SMILES string of the molecule is C#CC1(O)[C@@H](O)[C@@H](OP(=O)(O)OP(=O)(O)OP(=O)(O)O)O[C@H]1n1cc(F)c(=O)[nH]c1=S. The number of aromatic nitrogens is 2. The van der Waals surface area contributed by atoms with Gasteiger partial charge in [-0.15, -0.1) is 6.42 Å². The van der Waals surface area contributed by atoms with Crippen molar-refractivity contribution in [3.63, 3.8) is 0 Å². The summed E-state index contributed by atoms with van der Waals surface area (Å²) in [5.74, 6) is 0.242. The van der Waals surface area contributed by atoms with E-state index in [1.54, 1.807) is 5.92 Å². The molecule has 3 unspecified atom stereocenters. The van der Waals surface area contributed by atoms with Crippen LogP contribution in [0, 0.1) is 22.9 Å². The van der Waals surface area contributed by atoms with Crippen LogP contribution in [0.4, 0.5) is 4.39 Å². The minimum Gasteiger partial charge on any atom is -0.383 e. The van der Waals surface area contributed by atoms with Gasteiger partial charge in [-0.2, -0.15) is 13.0 Å². The van der Waals surface area contributed by atoms with Crippen molar-refractivity contribution in [2.24, 2.45) is 0 Å². The van der Waals surface area contributed by atoms with E-state index in [1.165, 1.54) is 0 Å². The molecule has 31 heavy (non-hydrogen) atoms. The second-order valence-electron chi connectivity index (χ2n) is 5.61. The smallest absolute Gasteiger partial charge is 0.383 e. The zero-order valence-electron chi connectivity index (χ0n) is 14.4. The van der Waals surface area contributed by atoms with Gasteiger partial charge in [-0.1, -0.05) is 5.92 Å². The lowest BCUT2D eigenvalue weighted by Crippen LogP contribution is -2.46. The van der Waals surface area contributed by atoms with Crippen LogP contribution in [0.5, 0.6) is 0 Å². The number of terminal acetylenes is 1. The first kappa shape index (κ1) is 26.1. The molecule has 1 fully saturated rings. The number of phosphoric ester groups is 1. The summed E-state index contributed by atoms with van der Waals surface area (Å²) in [6, 6.07) is 0. The third-order valence-electron chi connectivity index (χ3n) is 3.41. The van der Waals surface area contributed by atoms with E-state index in [1.807, 2.05) is 4.98 Å². The van der Waals surface area contributed by atoms with Crippen molar-refractivity contribution in [1.82, 2.24) is 9.55 Å². The fraction of sp³-hybridized carbons (Fsp3) is 0.400. The molecule has 6 atom stereocenters. The fourth-order valence-electron chi connectivity index (χ4n) is 2.24. The largest absolute Gasteiger partial charge is 0.490 e. The first-order chi connectivity index (χ1) is 13.9. The molecular formula is C10H12FN2O14P3S. The van der Waals surface area contributed by atoms with Gasteiger partial charge in [0, 0.05) is 0 Å². The molecule has 1 aliphatic heterocycles. The van der Waals surface area contributed by atoms with Crippen LogP contribution in [-0.4, -0.2) is 57.3 Å². The molecule has 0 amide bonds. The quantitative estimate of drug-likeness (QED) is 0.127. The summed E-state index contributed by atoms with van der Waals surface area (Å²) >= 11 is 4.76. The Kier molecular flexibility index (Phi) is 7.31. The summed E-state index contributed by atoms with van der Waals surface area (Å²) in [4.78, 5) is 48.7. The van der Waals surface area contributed by atoms with Crippen molar-refractivity contribution >= 4 is 35.7 Å². The van der Waals surface area contributed by atoms with E-state index in [4.69, 9.17) is 38.1 Å². The van der Waals surface area contributed by atoms with Crippen molar-refractivity contribution in [3.05, 3.63) is 27.1 Å². The van der Waals surface area contributed by atoms with E-state index in [9.17, 15) is 38.0 Å². The number of phosphoric acid groups is 3. The number of H-pyrrole nitrogens is 1. The van der Waals surface area contributed by atoms with Crippen LogP contribution in [0.3, 0.4) is 0 Å². The summed E-state index contributed by atoms with van der Waals surface area (Å²) in [5, 5.41) is 20.7. The highest BCUT2D eigenvalue weighted by molar-refractivity contribution is 7.71. The number of aromatic amines is 1. The summed E-state index contributed by atoms with van der Waals surface area (Å²) < 4.78 is 63.7. The van der Waals surface area contributed by atoms with Crippen LogP contribution in [-0.2, 0) is 31.6 Å². The molecule has 1 aromatic heterocycles. The molecule has 2 heterocycles. The second kappa shape index (κ2) is 8.67. The second-order valence-corrected chi connectivity index (χ2v) is 10.4. The molecule has 1 aromatic rings. The highest BCUT2D eigenvalue weighted by atomic mass is 32.1. The van der Waals surface area contributed by atoms with Crippen LogP contribution in [0.2, 0.25) is 0 Å². The monoisotopic (exact) mass is 528 g/mol. The molecule has 0 bridgehead atoms. The van der Waals surface area contributed by atoms with Gasteiger partial charge in [0.25, 0.3) is 5.56 Å². The summed E-state index contributed by atoms with van der Waals surface area (Å²) in [5.41, 5.74) is -4.09. The van der Waals surface area contributed by atoms with Crippen LogP contribution >= 0.6 is 35.7 Å². The molecular weight excluding hydrogens is 516 g/mol. The van der Waals surface area contributed by atoms with Gasteiger partial charge in [-0.05, 0) is 12.2 Å². The maximum Gasteiger partial charge on any atom is 0.490 e. The Hall–Kier alpha value is -1.12. The van der Waals surface area contributed by atoms with Crippen molar-refractivity contribution in [2.75, 3.05) is 0 Å². The number of nitrogens with zero attached hydrogens (tertiary/aromatic N) is 1. The Morgan fingerprint density at radius 2 is 1.84 bits per heavy atom. The number of ether oxygens (including phenoxy) is 1. The predicted molar refractivity (Wildman–Crippen MR) is 94.5 cm³/mol. The minimum absolute atomic E-state index is 0.425. The number of hydrogen-bond donors (Lipinski definition) is 7. The number of hydrogen-bond acceptors (Lipinski definition) is 11. The molecule has 1 saturated heterocycles. The zero-order valence-corrected chi connectivity index (χ0v) is 17.9. The van der Waals surface area contributed by atoms with E-state index in [0.29, 0.717) is 10.8 Å². The first-order valence-corrected chi connectivity index (χ1v) is 12.2. The maximum atomic E-state index is 13.6. The topological polar surface area (TPSA) is 247 Å². The molecule has 0 spiro atoms. The molecule has 0 aromatic carbocycles. The van der Waals surface area contributed by atoms with Gasteiger partial charge in [0.05, 0.1) is 6.20 Å². The van der Waals surface area contributed by atoms with Crippen molar-refractivity contribution in [1.29, 1.82) is 0 Å². The van der Waals surface area contributed by atoms with E-state index >= 15 is 0 Å². The summed E-state index contributed by atoms with van der Waals surface area (Å²) in [7, 11) is -17.4. The molecule has 0 saturated carbocycles. The molecule has 7 N–H and O–H groups in total. The molecule has 174 valence electrons. The van der Waals surface area contributed by atoms with E-state index < -0.39 is 63.8 Å². The summed E-state index contributed by atoms with van der Waals surface area (Å²) in [6.45, 7) is 0. The average Bonchev–Trinajstić information content (AvgIpc) is 2.79. The highest BCUT2D eigenvalue weighted by Crippen LogP contribution is 2.67. The third kappa shape index (κ3) is 6.02. The van der Waals surface area contributed by atoms with Crippen LogP contribution in [0.1, 0.15) is 6.23 Å². The molecule has 1 aliphatic rings. The van der Waals surface area contributed by atoms with Crippen molar-refractivity contribution < 1.29 is 65.8 Å². The Morgan fingerprint density at radius 1 is 1.26 bits per heavy atom. The average molecular weight is 528 g/mol. The number of nitrogens with one attached hydrogen (secondary N) is 1. The van der Waals surface area contributed by atoms with Gasteiger partial charge in [-0.3, -0.25) is 18.9 Å². The van der Waals surface area contributed by atoms with Crippen molar-refractivity contribution in [2.45, 2.75) is 24.2 Å². The van der Waals surface area contributed by atoms with Crippen molar-refractivity contribution in [3.8, 4) is 12.3 Å². The first-order valence-electron chi connectivity index (χ1n) is 7.27. The lowest BCUT2D eigenvalue weighted by molar-refractivity contribution is -0.135. The molecule has 0 radical (unpaired) electrons. The van der Waals surface area contributed by atoms with Crippen LogP contribution in [0.15, 0.2) is 11.0 Å². The Morgan fingerprint density at radius 3 is 2.35 bits per heavy atom. The van der Waals surface area contributed by atoms with Gasteiger partial charge in [0.1, 0.15) is 6.10 Å². The number of aliphatic hydroxyl groups is 2. The number of halogens is 1. The molecule has 21 heteroatoms. The number of aliphatic hydroxyl groups excluding tert-OH is 1. The predicted octanol–water partition coefficient (Wildman–Crippen LogP) is -1.03. The van der Waals surface area contributed by atoms with Gasteiger partial charge in [0.15, 0.2) is 11.0 Å². The third-order valence-corrected chi connectivity index (χ3v) is 7.52. The molecule has 0 aliphatic carbocycles. The zero-order chi connectivity index (χ0) is 24.0. The Balaban J connectivity index is 2.35. The summed E-state index contributed by atoms with van der Waals surface area (Å²) in [6.07, 6.45) is -1.31. The Labute approximate surface area is 175 Å². The minimum atomic E-state index is -5.90. The standard InChI is InChI=1S/C10H12FN2O14P3S/c1-2-10(16)5(14)7(24-8(10)13-3-4(11)6(15)12-9(13)31)25-29(20,21)27-30(22,23)26-28(17,18)19/h1,3,5,7-8,14,16H,(H,20,21)(H,22,23)(H,12,15,31)(H2,17,18,19)/t5-,7+,8+,10?/m0/s1. The molecule has 16 nitrogen and oxygen atoms in total. The Bertz CT molecular complexity index is 1170. The van der Waals surface area contributed by atoms with E-state index in [2.05, 4.69) is 13.1 Å². The highest BCUT2D eigenvalue weighted by Gasteiger charge is 2.58.